The molecule has 0 saturated carbocycles. The van der Waals surface area contributed by atoms with E-state index in [1.807, 2.05) is 36.4 Å². The Kier molecular flexibility index (Phi) is 8.78. The molecule has 0 fully saturated rings. The first-order valence-electron chi connectivity index (χ1n) is 18.8. The van der Waals surface area contributed by atoms with E-state index in [2.05, 4.69) is 169 Å². The van der Waals surface area contributed by atoms with Gasteiger partial charge in [-0.15, -0.1) is 0 Å². The van der Waals surface area contributed by atoms with Crippen molar-refractivity contribution in [2.75, 3.05) is 0 Å². The van der Waals surface area contributed by atoms with E-state index in [9.17, 15) is 0 Å². The quantitative estimate of drug-likeness (QED) is 0.173. The van der Waals surface area contributed by atoms with Crippen LogP contribution < -0.4 is 0 Å². The fourth-order valence-corrected chi connectivity index (χ4v) is 7.35. The number of hydrogen-bond donors (Lipinski definition) is 0. The summed E-state index contributed by atoms with van der Waals surface area (Å²) in [5.74, 6) is 0.703. The van der Waals surface area contributed by atoms with Crippen molar-refractivity contribution >= 4 is 43.5 Å². The molecule has 54 heavy (non-hydrogen) atoms. The minimum absolute atomic E-state index is 0.703. The van der Waals surface area contributed by atoms with E-state index in [-0.39, 0.29) is 0 Å². The highest BCUT2D eigenvalue weighted by atomic mass is 15.0. The smallest absolute Gasteiger partial charge is 0.160 e. The maximum atomic E-state index is 5.07. The molecule has 0 bridgehead atoms. The predicted octanol–water partition coefficient (Wildman–Crippen LogP) is 13.5. The van der Waals surface area contributed by atoms with E-state index < -0.39 is 0 Å². The van der Waals surface area contributed by atoms with Crippen molar-refractivity contribution in [1.29, 1.82) is 0 Å². The average molecular weight is 697 g/mol. The second-order valence-corrected chi connectivity index (χ2v) is 13.7. The molecule has 0 N–H and O–H groups in total. The molecule has 0 radical (unpaired) electrons. The summed E-state index contributed by atoms with van der Waals surface area (Å²) in [6, 6.07) is 62.1. The summed E-state index contributed by atoms with van der Waals surface area (Å²) in [5.41, 5.74) is 10.7. The lowest BCUT2D eigenvalue weighted by Gasteiger charge is -2.12. The van der Waals surface area contributed by atoms with Gasteiger partial charge in [-0.2, -0.15) is 0 Å². The van der Waals surface area contributed by atoms with Crippen LogP contribution in [-0.2, 0) is 0 Å². The lowest BCUT2D eigenvalue weighted by Crippen LogP contribution is -1.97. The summed E-state index contributed by atoms with van der Waals surface area (Å²) in [7, 11) is 0. The highest BCUT2D eigenvalue weighted by Crippen LogP contribution is 2.39. The monoisotopic (exact) mass is 696 g/mol. The van der Waals surface area contributed by atoms with Gasteiger partial charge < -0.3 is 9.13 Å². The first kappa shape index (κ1) is 33.1. The maximum absolute atomic E-state index is 5.07. The Hall–Kier alpha value is -6.78. The largest absolute Gasteiger partial charge is 0.317 e. The van der Waals surface area contributed by atoms with Crippen molar-refractivity contribution in [3.05, 3.63) is 182 Å². The maximum Gasteiger partial charge on any atom is 0.160 e. The molecule has 3 aromatic heterocycles. The van der Waals surface area contributed by atoms with Crippen LogP contribution in [0.4, 0.5) is 0 Å². The van der Waals surface area contributed by atoms with Crippen LogP contribution in [0.1, 0.15) is 26.7 Å². The van der Waals surface area contributed by atoms with E-state index in [1.165, 1.54) is 56.3 Å². The number of fused-ring (bicyclic) bond motifs is 6. The normalized spacial score (nSPS) is 11.3. The molecular formula is C50H40N4. The summed E-state index contributed by atoms with van der Waals surface area (Å²) in [4.78, 5) is 10.1. The van der Waals surface area contributed by atoms with E-state index in [1.54, 1.807) is 0 Å². The van der Waals surface area contributed by atoms with Crippen LogP contribution in [0.15, 0.2) is 182 Å². The Labute approximate surface area is 315 Å². The predicted molar refractivity (Wildman–Crippen MR) is 228 cm³/mol. The second-order valence-electron chi connectivity index (χ2n) is 13.7. The minimum atomic E-state index is 0.703. The molecule has 4 nitrogen and oxygen atoms in total. The molecule has 10 aromatic rings. The Morgan fingerprint density at radius 1 is 0.426 bits per heavy atom. The first-order chi connectivity index (χ1) is 26.7. The molecular weight excluding hydrogens is 657 g/mol. The number of rotatable bonds is 6. The number of para-hydroxylation sites is 2. The van der Waals surface area contributed by atoms with Crippen LogP contribution in [0.25, 0.3) is 88.8 Å². The van der Waals surface area contributed by atoms with Gasteiger partial charge in [0.25, 0.3) is 0 Å². The molecule has 0 unspecified atom stereocenters. The third-order valence-electron chi connectivity index (χ3n) is 10.2. The summed E-state index contributed by atoms with van der Waals surface area (Å²) in [6.45, 7) is 4.36. The summed E-state index contributed by atoms with van der Waals surface area (Å²) < 4.78 is 4.68. The number of unbranched alkanes of at least 4 members (excludes halogenated alkanes) is 1. The summed E-state index contributed by atoms with van der Waals surface area (Å²) in [5, 5.41) is 6.13. The topological polar surface area (TPSA) is 35.6 Å². The second kappa shape index (κ2) is 14.3. The number of aromatic nitrogens is 4. The molecule has 0 atom stereocenters. The van der Waals surface area contributed by atoms with Gasteiger partial charge in [0.05, 0.1) is 27.9 Å². The van der Waals surface area contributed by atoms with Gasteiger partial charge in [-0.1, -0.05) is 136 Å². The van der Waals surface area contributed by atoms with Gasteiger partial charge in [-0.3, -0.25) is 0 Å². The van der Waals surface area contributed by atoms with Crippen molar-refractivity contribution in [3.63, 3.8) is 0 Å². The van der Waals surface area contributed by atoms with Gasteiger partial charge in [0, 0.05) is 55.8 Å². The zero-order chi connectivity index (χ0) is 36.4. The van der Waals surface area contributed by atoms with Crippen LogP contribution in [-0.4, -0.2) is 19.1 Å². The van der Waals surface area contributed by atoms with Gasteiger partial charge in [-0.25, -0.2) is 9.97 Å². The highest BCUT2D eigenvalue weighted by molar-refractivity contribution is 6.20. The standard InChI is InChI=1S/C46H30N4.C4H10/c1-4-12-31(13-5-1)41-30-42(32-14-6-2-7-15-32)48-46(47-41)33-20-23-37(24-21-33)50-43-19-11-10-18-38(43)39-25-22-34-29-44-35(28-40(34)45(39)50)26-27-49(44)36-16-8-3-9-17-36;1-3-4-2/h1-30H;3-4H2,1-2H3. The molecule has 4 heteroatoms. The molecule has 7 aromatic carbocycles. The molecule has 0 aliphatic rings. The zero-order valence-corrected chi connectivity index (χ0v) is 30.5. The number of nitrogens with zero attached hydrogens (tertiary/aromatic N) is 4. The Morgan fingerprint density at radius 3 is 1.69 bits per heavy atom. The number of hydrogen-bond acceptors (Lipinski definition) is 2. The van der Waals surface area contributed by atoms with Crippen molar-refractivity contribution in [3.8, 4) is 45.3 Å². The van der Waals surface area contributed by atoms with Crippen LogP contribution in [0.2, 0.25) is 0 Å². The van der Waals surface area contributed by atoms with Gasteiger partial charge in [0.2, 0.25) is 0 Å². The summed E-state index contributed by atoms with van der Waals surface area (Å²) >= 11 is 0. The Balaban J connectivity index is 0.000000918. The van der Waals surface area contributed by atoms with Crippen LogP contribution >= 0.6 is 0 Å². The Morgan fingerprint density at radius 2 is 1.04 bits per heavy atom. The first-order valence-corrected chi connectivity index (χ1v) is 18.8. The zero-order valence-electron chi connectivity index (χ0n) is 30.5. The molecule has 3 heterocycles. The van der Waals surface area contributed by atoms with Crippen molar-refractivity contribution in [2.24, 2.45) is 0 Å². The van der Waals surface area contributed by atoms with E-state index in [0.717, 1.165) is 39.5 Å². The molecule has 0 aliphatic carbocycles. The SMILES string of the molecule is CCCC.c1ccc(-c2cc(-c3ccccc3)nc(-c3ccc(-n4c5ccccc5c5ccc6cc7c(ccn7-c7ccccc7)cc6c54)cc3)n2)cc1. The van der Waals surface area contributed by atoms with Crippen LogP contribution in [0.5, 0.6) is 0 Å². The summed E-state index contributed by atoms with van der Waals surface area (Å²) in [6.07, 6.45) is 4.81. The van der Waals surface area contributed by atoms with Gasteiger partial charge in [0.15, 0.2) is 5.82 Å². The van der Waals surface area contributed by atoms with Crippen molar-refractivity contribution in [2.45, 2.75) is 26.7 Å². The number of benzene rings is 7. The molecule has 0 spiro atoms. The van der Waals surface area contributed by atoms with E-state index >= 15 is 0 Å². The van der Waals surface area contributed by atoms with Gasteiger partial charge >= 0.3 is 0 Å². The van der Waals surface area contributed by atoms with Gasteiger partial charge in [-0.05, 0) is 72.1 Å². The average Bonchev–Trinajstić information content (AvgIpc) is 3.83. The fourth-order valence-electron chi connectivity index (χ4n) is 7.35. The third-order valence-corrected chi connectivity index (χ3v) is 10.2. The van der Waals surface area contributed by atoms with Crippen LogP contribution in [0.3, 0.4) is 0 Å². The molecule has 10 rings (SSSR count). The lowest BCUT2D eigenvalue weighted by molar-refractivity contribution is 0.886. The van der Waals surface area contributed by atoms with E-state index in [4.69, 9.17) is 9.97 Å². The molecule has 0 saturated heterocycles. The fraction of sp³-hybridized carbons (Fsp3) is 0.0800. The molecule has 0 aliphatic heterocycles. The molecule has 260 valence electrons. The van der Waals surface area contributed by atoms with Gasteiger partial charge in [0.1, 0.15) is 0 Å². The van der Waals surface area contributed by atoms with Crippen molar-refractivity contribution < 1.29 is 0 Å². The van der Waals surface area contributed by atoms with E-state index in [0.29, 0.717) is 5.82 Å². The van der Waals surface area contributed by atoms with Crippen molar-refractivity contribution in [1.82, 2.24) is 19.1 Å². The lowest BCUT2D eigenvalue weighted by atomic mass is 10.0. The molecule has 0 amide bonds. The highest BCUT2D eigenvalue weighted by Gasteiger charge is 2.17. The minimum Gasteiger partial charge on any atom is -0.317 e. The van der Waals surface area contributed by atoms with Crippen LogP contribution in [0, 0.1) is 0 Å². The third kappa shape index (κ3) is 6.02. The Bertz CT molecular complexity index is 2810.